The first-order valence-corrected chi connectivity index (χ1v) is 10.6. The summed E-state index contributed by atoms with van der Waals surface area (Å²) in [6.07, 6.45) is 1.61. The van der Waals surface area contributed by atoms with Crippen molar-refractivity contribution < 1.29 is 23.9 Å². The van der Waals surface area contributed by atoms with Crippen molar-refractivity contribution in [1.29, 1.82) is 0 Å². The molecular weight excluding hydrogens is 386 g/mol. The Morgan fingerprint density at radius 3 is 1.93 bits per heavy atom. The Bertz CT molecular complexity index is 772. The van der Waals surface area contributed by atoms with Crippen molar-refractivity contribution in [3.05, 3.63) is 44.8 Å². The smallest absolute Gasteiger partial charge is 0.348 e. The number of piperidine rings is 3. The monoisotopic (exact) mass is 405 g/mol. The third-order valence-corrected chi connectivity index (χ3v) is 6.96. The summed E-state index contributed by atoms with van der Waals surface area (Å²) in [6, 6.07) is 6.92. The summed E-state index contributed by atoms with van der Waals surface area (Å²) >= 11 is 2.58. The molecule has 0 amide bonds. The number of nitrogens with zero attached hydrogens (tertiary/aromatic N) is 1. The van der Waals surface area contributed by atoms with Crippen molar-refractivity contribution in [2.45, 2.75) is 18.4 Å². The zero-order valence-electron chi connectivity index (χ0n) is 14.6. The van der Waals surface area contributed by atoms with Crippen molar-refractivity contribution in [1.82, 2.24) is 4.90 Å². The molecule has 0 unspecified atom stereocenters. The quantitative estimate of drug-likeness (QED) is 0.688. The number of thiophene rings is 2. The Morgan fingerprint density at radius 1 is 1.00 bits per heavy atom. The molecule has 2 bridgehead atoms. The van der Waals surface area contributed by atoms with E-state index >= 15 is 0 Å². The van der Waals surface area contributed by atoms with Crippen LogP contribution in [0.25, 0.3) is 0 Å². The van der Waals surface area contributed by atoms with Crippen LogP contribution in [0.5, 0.6) is 0 Å². The number of ether oxygens (including phenoxy) is 2. The van der Waals surface area contributed by atoms with E-state index in [0.29, 0.717) is 9.75 Å². The Hall–Kier alpha value is -2.03. The summed E-state index contributed by atoms with van der Waals surface area (Å²) in [5.74, 6) is -0.956. The summed E-state index contributed by atoms with van der Waals surface area (Å²) in [7, 11) is 0. The number of esters is 2. The molecule has 0 radical (unpaired) electrons. The SMILES string of the molecule is O=C(OCC1(COC(=O)c2cccs2)C(=O)C2CCN1CC2)c1cccs1. The molecule has 0 atom stereocenters. The fraction of sp³-hybridized carbons (Fsp3) is 0.421. The number of carbonyl (C=O) groups is 3. The minimum absolute atomic E-state index is 0.0120. The lowest BCUT2D eigenvalue weighted by atomic mass is 9.74. The van der Waals surface area contributed by atoms with Crippen molar-refractivity contribution in [2.24, 2.45) is 5.92 Å². The second kappa shape index (κ2) is 7.53. The van der Waals surface area contributed by atoms with E-state index in [4.69, 9.17) is 9.47 Å². The van der Waals surface area contributed by atoms with Crippen molar-refractivity contribution in [3.63, 3.8) is 0 Å². The molecule has 3 saturated heterocycles. The van der Waals surface area contributed by atoms with Gasteiger partial charge in [-0.25, -0.2) is 9.59 Å². The molecule has 0 saturated carbocycles. The van der Waals surface area contributed by atoms with Crippen LogP contribution in [-0.4, -0.2) is 54.5 Å². The van der Waals surface area contributed by atoms with E-state index in [2.05, 4.69) is 0 Å². The third-order valence-electron chi connectivity index (χ3n) is 5.26. The molecule has 5 heterocycles. The fourth-order valence-corrected chi connectivity index (χ4v) is 5.01. The highest BCUT2D eigenvalue weighted by atomic mass is 32.1. The van der Waals surface area contributed by atoms with E-state index in [1.54, 1.807) is 35.0 Å². The van der Waals surface area contributed by atoms with Crippen molar-refractivity contribution in [2.75, 3.05) is 26.3 Å². The predicted molar refractivity (Wildman–Crippen MR) is 101 cm³/mol. The number of carbonyl (C=O) groups excluding carboxylic acids is 3. The minimum atomic E-state index is -1.08. The highest BCUT2D eigenvalue weighted by molar-refractivity contribution is 7.12. The maximum absolute atomic E-state index is 13.1. The molecule has 3 fully saturated rings. The van der Waals surface area contributed by atoms with Gasteiger partial charge in [0.25, 0.3) is 0 Å². The molecule has 3 aliphatic rings. The molecule has 0 spiro atoms. The topological polar surface area (TPSA) is 72.9 Å². The summed E-state index contributed by atoms with van der Waals surface area (Å²) in [5, 5.41) is 3.60. The number of rotatable bonds is 6. The van der Waals surface area contributed by atoms with E-state index in [1.807, 2.05) is 4.90 Å². The molecule has 2 aromatic rings. The number of hydrogen-bond acceptors (Lipinski definition) is 8. The minimum Gasteiger partial charge on any atom is -0.459 e. The van der Waals surface area contributed by atoms with Crippen LogP contribution in [0.2, 0.25) is 0 Å². The summed E-state index contributed by atoms with van der Waals surface area (Å²) in [5.41, 5.74) is -1.08. The molecule has 8 heteroatoms. The zero-order valence-corrected chi connectivity index (χ0v) is 16.2. The maximum atomic E-state index is 13.1. The molecule has 0 aromatic carbocycles. The lowest BCUT2D eigenvalue weighted by molar-refractivity contribution is -0.157. The third kappa shape index (κ3) is 3.44. The highest BCUT2D eigenvalue weighted by Gasteiger charge is 2.55. The van der Waals surface area contributed by atoms with Gasteiger partial charge in [-0.2, -0.15) is 0 Å². The second-order valence-corrected chi connectivity index (χ2v) is 8.66. The van der Waals surface area contributed by atoms with E-state index < -0.39 is 17.5 Å². The van der Waals surface area contributed by atoms with Gasteiger partial charge < -0.3 is 9.47 Å². The molecule has 142 valence electrons. The first kappa shape index (κ1) is 18.3. The van der Waals surface area contributed by atoms with E-state index in [9.17, 15) is 14.4 Å². The Labute approximate surface area is 164 Å². The molecule has 0 aliphatic carbocycles. The van der Waals surface area contributed by atoms with Crippen LogP contribution in [0, 0.1) is 5.92 Å². The Kier molecular flexibility index (Phi) is 5.12. The first-order valence-electron chi connectivity index (χ1n) is 8.81. The first-order chi connectivity index (χ1) is 13.1. The van der Waals surface area contributed by atoms with Crippen LogP contribution in [0.15, 0.2) is 35.0 Å². The molecular formula is C19H19NO5S2. The van der Waals surface area contributed by atoms with Gasteiger partial charge in [-0.1, -0.05) is 12.1 Å². The van der Waals surface area contributed by atoms with Gasteiger partial charge in [0.05, 0.1) is 0 Å². The number of Topliss-reactive ketones (excluding diaryl/α,β-unsaturated/α-hetero) is 1. The number of fused-ring (bicyclic) bond motifs is 3. The average Bonchev–Trinajstić information content (AvgIpc) is 3.41. The molecule has 3 aliphatic heterocycles. The van der Waals surface area contributed by atoms with Gasteiger partial charge in [0.1, 0.15) is 28.5 Å². The van der Waals surface area contributed by atoms with E-state index in [1.165, 1.54) is 22.7 Å². The lowest BCUT2D eigenvalue weighted by Gasteiger charge is -2.51. The molecule has 2 aromatic heterocycles. The van der Waals surface area contributed by atoms with Crippen LogP contribution in [0.4, 0.5) is 0 Å². The Morgan fingerprint density at radius 2 is 1.52 bits per heavy atom. The second-order valence-electron chi connectivity index (χ2n) is 6.76. The van der Waals surface area contributed by atoms with Crippen LogP contribution < -0.4 is 0 Å². The predicted octanol–water partition coefficient (Wildman–Crippen LogP) is 2.86. The van der Waals surface area contributed by atoms with Gasteiger partial charge in [-0.15, -0.1) is 22.7 Å². The maximum Gasteiger partial charge on any atom is 0.348 e. The van der Waals surface area contributed by atoms with Gasteiger partial charge in [0.2, 0.25) is 0 Å². The molecule has 5 rings (SSSR count). The largest absolute Gasteiger partial charge is 0.459 e. The van der Waals surface area contributed by atoms with Crippen molar-refractivity contribution in [3.8, 4) is 0 Å². The van der Waals surface area contributed by atoms with Gasteiger partial charge in [0, 0.05) is 19.0 Å². The number of hydrogen-bond donors (Lipinski definition) is 0. The van der Waals surface area contributed by atoms with Crippen LogP contribution in [0.1, 0.15) is 32.2 Å². The van der Waals surface area contributed by atoms with Crippen LogP contribution in [0.3, 0.4) is 0 Å². The van der Waals surface area contributed by atoms with Gasteiger partial charge in [-0.3, -0.25) is 9.69 Å². The summed E-state index contributed by atoms with van der Waals surface area (Å²) in [6.45, 7) is 1.28. The van der Waals surface area contributed by atoms with Crippen LogP contribution in [-0.2, 0) is 14.3 Å². The molecule has 27 heavy (non-hydrogen) atoms. The van der Waals surface area contributed by atoms with E-state index in [-0.39, 0.29) is 24.9 Å². The van der Waals surface area contributed by atoms with Gasteiger partial charge in [-0.05, 0) is 35.7 Å². The number of ketones is 1. The normalized spacial score (nSPS) is 23.2. The summed E-state index contributed by atoms with van der Waals surface area (Å²) < 4.78 is 11.0. The Balaban J connectivity index is 1.51. The van der Waals surface area contributed by atoms with Gasteiger partial charge >= 0.3 is 11.9 Å². The lowest BCUT2D eigenvalue weighted by Crippen LogP contribution is -2.69. The highest BCUT2D eigenvalue weighted by Crippen LogP contribution is 2.37. The summed E-state index contributed by atoms with van der Waals surface area (Å²) in [4.78, 5) is 40.6. The average molecular weight is 405 g/mol. The molecule has 0 N–H and O–H groups in total. The van der Waals surface area contributed by atoms with Crippen molar-refractivity contribution >= 4 is 40.4 Å². The van der Waals surface area contributed by atoms with E-state index in [0.717, 1.165) is 25.9 Å². The van der Waals surface area contributed by atoms with Gasteiger partial charge in [0.15, 0.2) is 5.78 Å². The standard InChI is InChI=1S/C19H19NO5S2/c21-16-13-5-7-20(8-6-13)19(16,11-24-17(22)14-3-1-9-26-14)12-25-18(23)15-4-2-10-27-15/h1-4,9-10,13H,5-8,11-12H2. The van der Waals surface area contributed by atoms with Crippen LogP contribution >= 0.6 is 22.7 Å². The molecule has 6 nitrogen and oxygen atoms in total. The zero-order chi connectivity index (χ0) is 18.9. The fourth-order valence-electron chi connectivity index (χ4n) is 3.77.